The Hall–Kier alpha value is -3.65. The van der Waals surface area contributed by atoms with Crippen molar-refractivity contribution in [1.82, 2.24) is 5.43 Å². The molecular weight excluding hydrogens is 476 g/mol. The second-order valence-corrected chi connectivity index (χ2v) is 7.62. The van der Waals surface area contributed by atoms with Crippen LogP contribution in [-0.4, -0.2) is 32.3 Å². The predicted molar refractivity (Wildman–Crippen MR) is 125 cm³/mol. The summed E-state index contributed by atoms with van der Waals surface area (Å²) in [6.07, 6.45) is 1.41. The van der Waals surface area contributed by atoms with E-state index in [1.165, 1.54) is 26.5 Å². The van der Waals surface area contributed by atoms with Gasteiger partial charge in [0.2, 0.25) is 0 Å². The number of aryl methyl sites for hydroxylation is 1. The van der Waals surface area contributed by atoms with Crippen molar-refractivity contribution in [2.75, 3.05) is 14.2 Å². The molecule has 0 aliphatic rings. The minimum absolute atomic E-state index is 0.279. The number of amides is 1. The fourth-order valence-electron chi connectivity index (χ4n) is 2.77. The maximum atomic E-state index is 12.7. The van der Waals surface area contributed by atoms with Crippen LogP contribution in [0.25, 0.3) is 0 Å². The molecular formula is C24H21BrN2O5. The summed E-state index contributed by atoms with van der Waals surface area (Å²) in [7, 11) is 3.00. The van der Waals surface area contributed by atoms with Gasteiger partial charge in [0, 0.05) is 15.6 Å². The van der Waals surface area contributed by atoms with Crippen LogP contribution in [-0.2, 0) is 0 Å². The average molecular weight is 497 g/mol. The highest BCUT2D eigenvalue weighted by Gasteiger charge is 2.15. The van der Waals surface area contributed by atoms with Crippen molar-refractivity contribution in [1.29, 1.82) is 0 Å². The molecule has 0 saturated heterocycles. The maximum Gasteiger partial charge on any atom is 0.343 e. The first-order valence-corrected chi connectivity index (χ1v) is 10.3. The second kappa shape index (κ2) is 10.6. The molecule has 1 amide bonds. The van der Waals surface area contributed by atoms with Gasteiger partial charge in [-0.25, -0.2) is 10.2 Å². The molecule has 3 aromatic rings. The van der Waals surface area contributed by atoms with Crippen LogP contribution in [0.3, 0.4) is 0 Å². The number of halogens is 1. The first-order valence-electron chi connectivity index (χ1n) is 9.55. The summed E-state index contributed by atoms with van der Waals surface area (Å²) in [6, 6.07) is 17.0. The van der Waals surface area contributed by atoms with Gasteiger partial charge < -0.3 is 14.2 Å². The zero-order valence-corrected chi connectivity index (χ0v) is 19.3. The largest absolute Gasteiger partial charge is 0.493 e. The van der Waals surface area contributed by atoms with E-state index in [-0.39, 0.29) is 11.7 Å². The molecule has 0 heterocycles. The number of ether oxygens (including phenoxy) is 3. The molecule has 0 unspecified atom stereocenters. The average Bonchev–Trinajstić information content (AvgIpc) is 2.80. The van der Waals surface area contributed by atoms with Crippen molar-refractivity contribution in [3.8, 4) is 17.2 Å². The molecule has 0 spiro atoms. The molecule has 0 fully saturated rings. The standard InChI is InChI=1S/C24H21BrN2O5/c1-15-4-6-16(7-5-15)23(28)27-26-14-18-12-19(25)9-11-20(18)32-24(29)17-8-10-21(30-2)22(13-17)31-3/h4-14H,1-3H3,(H,27,28)/b26-14-. The molecule has 0 bridgehead atoms. The van der Waals surface area contributed by atoms with Crippen molar-refractivity contribution in [3.05, 3.63) is 87.4 Å². The molecule has 0 aromatic heterocycles. The monoisotopic (exact) mass is 496 g/mol. The number of esters is 1. The fraction of sp³-hybridized carbons (Fsp3) is 0.125. The molecule has 32 heavy (non-hydrogen) atoms. The van der Waals surface area contributed by atoms with E-state index in [9.17, 15) is 9.59 Å². The van der Waals surface area contributed by atoms with Crippen molar-refractivity contribution < 1.29 is 23.8 Å². The third kappa shape index (κ3) is 5.73. The smallest absolute Gasteiger partial charge is 0.343 e. The van der Waals surface area contributed by atoms with Gasteiger partial charge in [-0.15, -0.1) is 0 Å². The minimum Gasteiger partial charge on any atom is -0.493 e. The van der Waals surface area contributed by atoms with E-state index in [4.69, 9.17) is 14.2 Å². The molecule has 1 N–H and O–H groups in total. The second-order valence-electron chi connectivity index (χ2n) is 6.71. The van der Waals surface area contributed by atoms with E-state index in [2.05, 4.69) is 26.5 Å². The van der Waals surface area contributed by atoms with E-state index in [1.807, 2.05) is 19.1 Å². The lowest BCUT2D eigenvalue weighted by molar-refractivity contribution is 0.0733. The molecule has 8 heteroatoms. The third-order valence-corrected chi connectivity index (χ3v) is 4.97. The Bertz CT molecular complexity index is 1160. The van der Waals surface area contributed by atoms with E-state index in [0.29, 0.717) is 28.2 Å². The van der Waals surface area contributed by atoms with E-state index in [0.717, 1.165) is 10.0 Å². The minimum atomic E-state index is -0.577. The van der Waals surface area contributed by atoms with Crippen LogP contribution in [0.15, 0.2) is 70.2 Å². The Morgan fingerprint density at radius 1 is 0.875 bits per heavy atom. The normalized spacial score (nSPS) is 10.6. The van der Waals surface area contributed by atoms with Gasteiger partial charge in [-0.3, -0.25) is 4.79 Å². The molecule has 0 aliphatic heterocycles. The van der Waals surface area contributed by atoms with Crippen LogP contribution in [0.4, 0.5) is 0 Å². The summed E-state index contributed by atoms with van der Waals surface area (Å²) >= 11 is 3.39. The molecule has 0 aliphatic carbocycles. The lowest BCUT2D eigenvalue weighted by atomic mass is 10.1. The van der Waals surface area contributed by atoms with Gasteiger partial charge in [0.05, 0.1) is 26.0 Å². The van der Waals surface area contributed by atoms with Gasteiger partial charge in [-0.05, 0) is 55.5 Å². The number of hydrazone groups is 1. The number of nitrogens with zero attached hydrogens (tertiary/aromatic N) is 1. The highest BCUT2D eigenvalue weighted by molar-refractivity contribution is 9.10. The van der Waals surface area contributed by atoms with Gasteiger partial charge in [0.1, 0.15) is 5.75 Å². The number of nitrogens with one attached hydrogen (secondary N) is 1. The van der Waals surface area contributed by atoms with Crippen molar-refractivity contribution >= 4 is 34.0 Å². The van der Waals surface area contributed by atoms with Crippen LogP contribution in [0.5, 0.6) is 17.2 Å². The molecule has 0 atom stereocenters. The van der Waals surface area contributed by atoms with Gasteiger partial charge >= 0.3 is 5.97 Å². The fourth-order valence-corrected chi connectivity index (χ4v) is 3.14. The van der Waals surface area contributed by atoms with E-state index in [1.54, 1.807) is 42.5 Å². The third-order valence-electron chi connectivity index (χ3n) is 4.48. The molecule has 3 aromatic carbocycles. The van der Waals surface area contributed by atoms with Gasteiger partial charge in [-0.1, -0.05) is 33.6 Å². The van der Waals surface area contributed by atoms with Crippen molar-refractivity contribution in [2.45, 2.75) is 6.92 Å². The maximum absolute atomic E-state index is 12.7. The number of rotatable bonds is 7. The first-order chi connectivity index (χ1) is 15.4. The lowest BCUT2D eigenvalue weighted by Crippen LogP contribution is -2.17. The predicted octanol–water partition coefficient (Wildman–Crippen LogP) is 4.76. The molecule has 3 rings (SSSR count). The topological polar surface area (TPSA) is 86.2 Å². The summed E-state index contributed by atoms with van der Waals surface area (Å²) in [5.74, 6) is 0.274. The lowest BCUT2D eigenvalue weighted by Gasteiger charge is -2.11. The van der Waals surface area contributed by atoms with Crippen LogP contribution in [0.1, 0.15) is 31.8 Å². The number of methoxy groups -OCH3 is 2. The summed E-state index contributed by atoms with van der Waals surface area (Å²) < 4.78 is 16.7. The summed E-state index contributed by atoms with van der Waals surface area (Å²) in [5.41, 5.74) is 4.80. The van der Waals surface area contributed by atoms with Crippen molar-refractivity contribution in [2.24, 2.45) is 5.10 Å². The zero-order valence-electron chi connectivity index (χ0n) is 17.7. The molecule has 164 valence electrons. The number of benzene rings is 3. The Morgan fingerprint density at radius 2 is 1.53 bits per heavy atom. The van der Waals surface area contributed by atoms with Crippen LogP contribution >= 0.6 is 15.9 Å². The summed E-state index contributed by atoms with van der Waals surface area (Å²) in [5, 5.41) is 4.00. The van der Waals surface area contributed by atoms with E-state index < -0.39 is 5.97 Å². The van der Waals surface area contributed by atoms with Crippen molar-refractivity contribution in [3.63, 3.8) is 0 Å². The summed E-state index contributed by atoms with van der Waals surface area (Å²) in [4.78, 5) is 24.9. The number of hydrogen-bond donors (Lipinski definition) is 1. The van der Waals surface area contributed by atoms with Gasteiger partial charge in [0.25, 0.3) is 5.91 Å². The van der Waals surface area contributed by atoms with Gasteiger partial charge in [0.15, 0.2) is 11.5 Å². The summed E-state index contributed by atoms with van der Waals surface area (Å²) in [6.45, 7) is 1.94. The SMILES string of the molecule is COc1ccc(C(=O)Oc2ccc(Br)cc2/C=N\NC(=O)c2ccc(C)cc2)cc1OC. The number of carbonyl (C=O) groups is 2. The highest BCUT2D eigenvalue weighted by atomic mass is 79.9. The van der Waals surface area contributed by atoms with Crippen LogP contribution in [0, 0.1) is 6.92 Å². The van der Waals surface area contributed by atoms with E-state index >= 15 is 0 Å². The number of hydrogen-bond acceptors (Lipinski definition) is 6. The quantitative estimate of drug-likeness (QED) is 0.220. The van der Waals surface area contributed by atoms with Crippen LogP contribution in [0.2, 0.25) is 0 Å². The first kappa shape index (κ1) is 23.0. The Balaban J connectivity index is 1.76. The number of carbonyl (C=O) groups excluding carboxylic acids is 2. The van der Waals surface area contributed by atoms with Gasteiger partial charge in [-0.2, -0.15) is 5.10 Å². The molecule has 0 radical (unpaired) electrons. The Labute approximate surface area is 194 Å². The Morgan fingerprint density at radius 3 is 2.22 bits per heavy atom. The molecule has 7 nitrogen and oxygen atoms in total. The highest BCUT2D eigenvalue weighted by Crippen LogP contribution is 2.29. The van der Waals surface area contributed by atoms with Crippen LogP contribution < -0.4 is 19.6 Å². The zero-order chi connectivity index (χ0) is 23.1. The Kier molecular flexibility index (Phi) is 7.62. The molecule has 0 saturated carbocycles.